The van der Waals surface area contributed by atoms with Crippen molar-refractivity contribution in [3.8, 4) is 11.5 Å². The maximum absolute atomic E-state index is 11.9. The van der Waals surface area contributed by atoms with Crippen molar-refractivity contribution in [2.75, 3.05) is 20.3 Å². The molecule has 0 spiro atoms. The van der Waals surface area contributed by atoms with Crippen LogP contribution in [0.5, 0.6) is 11.5 Å². The van der Waals surface area contributed by atoms with Crippen LogP contribution in [-0.4, -0.2) is 26.3 Å². The zero-order chi connectivity index (χ0) is 18.1. The highest BCUT2D eigenvalue weighted by molar-refractivity contribution is 6.31. The zero-order valence-electron chi connectivity index (χ0n) is 14.4. The van der Waals surface area contributed by atoms with Crippen LogP contribution in [0.1, 0.15) is 24.9 Å². The number of carbonyl (C=O) groups is 1. The third-order valence-electron chi connectivity index (χ3n) is 3.65. The molecule has 134 valence electrons. The first-order valence-electron chi connectivity index (χ1n) is 8.16. The molecule has 1 unspecified atom stereocenters. The topological polar surface area (TPSA) is 59.6 Å². The number of amides is 2. The van der Waals surface area contributed by atoms with Crippen molar-refractivity contribution < 1.29 is 14.3 Å². The first-order chi connectivity index (χ1) is 12.1. The summed E-state index contributed by atoms with van der Waals surface area (Å²) in [6, 6.07) is 14.5. The van der Waals surface area contributed by atoms with Gasteiger partial charge in [0.1, 0.15) is 11.5 Å². The van der Waals surface area contributed by atoms with Gasteiger partial charge >= 0.3 is 6.03 Å². The molecule has 2 rings (SSSR count). The molecule has 0 radical (unpaired) electrons. The highest BCUT2D eigenvalue weighted by Gasteiger charge is 2.11. The van der Waals surface area contributed by atoms with Crippen molar-refractivity contribution in [1.29, 1.82) is 0 Å². The Hall–Kier alpha value is -2.40. The quantitative estimate of drug-likeness (QED) is 0.692. The lowest BCUT2D eigenvalue weighted by Crippen LogP contribution is -2.37. The lowest BCUT2D eigenvalue weighted by Gasteiger charge is -2.16. The summed E-state index contributed by atoms with van der Waals surface area (Å²) in [6.45, 7) is 2.94. The van der Waals surface area contributed by atoms with E-state index in [2.05, 4.69) is 10.6 Å². The second-order valence-electron chi connectivity index (χ2n) is 5.52. The van der Waals surface area contributed by atoms with Crippen LogP contribution in [0.25, 0.3) is 0 Å². The fourth-order valence-corrected chi connectivity index (χ4v) is 2.59. The van der Waals surface area contributed by atoms with Gasteiger partial charge in [0.05, 0.1) is 19.8 Å². The molecule has 2 amide bonds. The molecule has 0 aromatic heterocycles. The van der Waals surface area contributed by atoms with Gasteiger partial charge in [-0.3, -0.25) is 0 Å². The third-order valence-corrected chi connectivity index (χ3v) is 4.00. The summed E-state index contributed by atoms with van der Waals surface area (Å²) in [4.78, 5) is 11.9. The van der Waals surface area contributed by atoms with Crippen LogP contribution in [0, 0.1) is 0 Å². The Morgan fingerprint density at radius 3 is 2.48 bits per heavy atom. The minimum Gasteiger partial charge on any atom is -0.497 e. The lowest BCUT2D eigenvalue weighted by atomic mass is 10.1. The minimum atomic E-state index is -0.225. The number of methoxy groups -OCH3 is 1. The van der Waals surface area contributed by atoms with E-state index in [9.17, 15) is 4.79 Å². The van der Waals surface area contributed by atoms with E-state index in [0.29, 0.717) is 24.6 Å². The molecule has 0 saturated carbocycles. The Morgan fingerprint density at radius 2 is 1.80 bits per heavy atom. The summed E-state index contributed by atoms with van der Waals surface area (Å²) >= 11 is 6.13. The van der Waals surface area contributed by atoms with Gasteiger partial charge in [0, 0.05) is 11.6 Å². The van der Waals surface area contributed by atoms with E-state index in [1.54, 1.807) is 7.11 Å². The van der Waals surface area contributed by atoms with Gasteiger partial charge in [0.2, 0.25) is 0 Å². The summed E-state index contributed by atoms with van der Waals surface area (Å²) in [5.41, 5.74) is 0.891. The molecule has 2 aromatic rings. The normalized spacial score (nSPS) is 11.5. The molecular formula is C19H23ClN2O3. The molecule has 2 aromatic carbocycles. The van der Waals surface area contributed by atoms with E-state index in [0.717, 1.165) is 17.1 Å². The summed E-state index contributed by atoms with van der Waals surface area (Å²) in [5, 5.41) is 6.33. The second-order valence-corrected chi connectivity index (χ2v) is 5.93. The van der Waals surface area contributed by atoms with E-state index in [-0.39, 0.29) is 12.1 Å². The molecule has 2 N–H and O–H groups in total. The molecule has 25 heavy (non-hydrogen) atoms. The highest BCUT2D eigenvalue weighted by atomic mass is 35.5. The van der Waals surface area contributed by atoms with Crippen molar-refractivity contribution >= 4 is 17.6 Å². The van der Waals surface area contributed by atoms with Gasteiger partial charge in [-0.1, -0.05) is 29.8 Å². The Balaban J connectivity index is 1.64. The smallest absolute Gasteiger partial charge is 0.315 e. The van der Waals surface area contributed by atoms with Crippen LogP contribution in [-0.2, 0) is 0 Å². The molecule has 0 aliphatic heterocycles. The number of rotatable bonds is 8. The first-order valence-corrected chi connectivity index (χ1v) is 8.53. The average molecular weight is 363 g/mol. The van der Waals surface area contributed by atoms with Crippen molar-refractivity contribution in [1.82, 2.24) is 10.6 Å². The molecule has 0 fully saturated rings. The summed E-state index contributed by atoms with van der Waals surface area (Å²) in [7, 11) is 1.62. The molecule has 1 atom stereocenters. The number of carbonyl (C=O) groups excluding carboxylic acids is 1. The number of hydrogen-bond acceptors (Lipinski definition) is 3. The van der Waals surface area contributed by atoms with Crippen LogP contribution in [0.4, 0.5) is 4.79 Å². The van der Waals surface area contributed by atoms with Crippen LogP contribution < -0.4 is 20.1 Å². The van der Waals surface area contributed by atoms with Crippen molar-refractivity contribution in [2.24, 2.45) is 0 Å². The van der Waals surface area contributed by atoms with E-state index < -0.39 is 0 Å². The maximum atomic E-state index is 11.9. The lowest BCUT2D eigenvalue weighted by molar-refractivity contribution is 0.236. The molecule has 6 heteroatoms. The van der Waals surface area contributed by atoms with Crippen LogP contribution >= 0.6 is 11.6 Å². The van der Waals surface area contributed by atoms with Crippen LogP contribution in [0.15, 0.2) is 48.5 Å². The van der Waals surface area contributed by atoms with Crippen LogP contribution in [0.3, 0.4) is 0 Å². The van der Waals surface area contributed by atoms with Crippen molar-refractivity contribution in [3.05, 3.63) is 59.1 Å². The Labute approximate surface area is 153 Å². The number of urea groups is 1. The minimum absolute atomic E-state index is 0.163. The fourth-order valence-electron chi connectivity index (χ4n) is 2.29. The number of ether oxygens (including phenoxy) is 2. The molecule has 0 aliphatic rings. The van der Waals surface area contributed by atoms with E-state index in [1.165, 1.54) is 0 Å². The molecule has 0 heterocycles. The van der Waals surface area contributed by atoms with Gasteiger partial charge in [-0.2, -0.15) is 0 Å². The average Bonchev–Trinajstić information content (AvgIpc) is 2.62. The number of hydrogen-bond donors (Lipinski definition) is 2. The number of benzene rings is 2. The third kappa shape index (κ3) is 6.19. The summed E-state index contributed by atoms with van der Waals surface area (Å²) < 4.78 is 10.7. The summed E-state index contributed by atoms with van der Waals surface area (Å²) in [5.74, 6) is 1.57. The fraction of sp³-hybridized carbons (Fsp3) is 0.316. The van der Waals surface area contributed by atoms with Gasteiger partial charge < -0.3 is 20.1 Å². The molecule has 0 bridgehead atoms. The zero-order valence-corrected chi connectivity index (χ0v) is 15.2. The predicted molar refractivity (Wildman–Crippen MR) is 99.5 cm³/mol. The summed E-state index contributed by atoms with van der Waals surface area (Å²) in [6.07, 6.45) is 0.708. The van der Waals surface area contributed by atoms with E-state index in [1.807, 2.05) is 55.5 Å². The largest absolute Gasteiger partial charge is 0.497 e. The van der Waals surface area contributed by atoms with Gasteiger partial charge in [-0.15, -0.1) is 0 Å². The first kappa shape index (κ1) is 18.9. The Bertz CT molecular complexity index is 677. The second kappa shape index (κ2) is 9.79. The highest BCUT2D eigenvalue weighted by Crippen LogP contribution is 2.21. The van der Waals surface area contributed by atoms with E-state index >= 15 is 0 Å². The molecule has 0 saturated heterocycles. The standard InChI is InChI=1S/C19H23ClN2O3/c1-14(17-6-3-4-7-18(17)20)22-19(23)21-12-5-13-25-16-10-8-15(24-2)9-11-16/h3-4,6-11,14H,5,12-13H2,1-2H3,(H2,21,22,23). The SMILES string of the molecule is COc1ccc(OCCCNC(=O)NC(C)c2ccccc2Cl)cc1. The van der Waals surface area contributed by atoms with Crippen molar-refractivity contribution in [3.63, 3.8) is 0 Å². The van der Waals surface area contributed by atoms with Gasteiger partial charge in [0.25, 0.3) is 0 Å². The monoisotopic (exact) mass is 362 g/mol. The Morgan fingerprint density at radius 1 is 1.12 bits per heavy atom. The van der Waals surface area contributed by atoms with Crippen molar-refractivity contribution in [2.45, 2.75) is 19.4 Å². The maximum Gasteiger partial charge on any atom is 0.315 e. The molecule has 5 nitrogen and oxygen atoms in total. The van der Waals surface area contributed by atoms with Gasteiger partial charge in [-0.25, -0.2) is 4.79 Å². The molecule has 0 aliphatic carbocycles. The van der Waals surface area contributed by atoms with Gasteiger partial charge in [0.15, 0.2) is 0 Å². The molecular weight excluding hydrogens is 340 g/mol. The van der Waals surface area contributed by atoms with Gasteiger partial charge in [-0.05, 0) is 49.2 Å². The number of nitrogens with one attached hydrogen (secondary N) is 2. The Kier molecular flexibility index (Phi) is 7.41. The number of halogens is 1. The van der Waals surface area contributed by atoms with E-state index in [4.69, 9.17) is 21.1 Å². The predicted octanol–water partition coefficient (Wildman–Crippen LogP) is 4.18. The van der Waals surface area contributed by atoms with Crippen LogP contribution in [0.2, 0.25) is 5.02 Å².